The molecule has 1 saturated heterocycles. The van der Waals surface area contributed by atoms with Gasteiger partial charge in [0.25, 0.3) is 0 Å². The molecule has 0 unspecified atom stereocenters. The summed E-state index contributed by atoms with van der Waals surface area (Å²) in [5, 5.41) is 3.00. The lowest BCUT2D eigenvalue weighted by molar-refractivity contribution is -0.126. The molecular formula is C17H16N4OS. The summed E-state index contributed by atoms with van der Waals surface area (Å²) < 4.78 is 0. The molecule has 0 spiro atoms. The minimum Gasteiger partial charge on any atom is -0.329 e. The zero-order chi connectivity index (χ0) is 15.8. The Hall–Kier alpha value is -2.47. The third kappa shape index (κ3) is 2.45. The Labute approximate surface area is 138 Å². The molecule has 0 N–H and O–H groups in total. The highest BCUT2D eigenvalue weighted by atomic mass is 32.1. The summed E-state index contributed by atoms with van der Waals surface area (Å²) in [5.74, 6) is 1.70. The molecule has 1 aromatic carbocycles. The molecule has 116 valence electrons. The van der Waals surface area contributed by atoms with E-state index in [0.717, 1.165) is 34.0 Å². The van der Waals surface area contributed by atoms with Crippen molar-refractivity contribution in [3.63, 3.8) is 0 Å². The van der Waals surface area contributed by atoms with Crippen molar-refractivity contribution in [2.24, 2.45) is 0 Å². The van der Waals surface area contributed by atoms with Gasteiger partial charge in [-0.3, -0.25) is 4.79 Å². The lowest BCUT2D eigenvalue weighted by atomic mass is 10.2. The van der Waals surface area contributed by atoms with Crippen molar-refractivity contribution < 1.29 is 4.79 Å². The number of para-hydroxylation sites is 1. The second-order valence-electron chi connectivity index (χ2n) is 5.45. The number of thiophene rings is 1. The van der Waals surface area contributed by atoms with E-state index in [-0.39, 0.29) is 5.91 Å². The van der Waals surface area contributed by atoms with E-state index >= 15 is 0 Å². The van der Waals surface area contributed by atoms with Crippen LogP contribution in [0.2, 0.25) is 0 Å². The van der Waals surface area contributed by atoms with E-state index in [1.54, 1.807) is 11.3 Å². The van der Waals surface area contributed by atoms with Gasteiger partial charge in [0.05, 0.1) is 17.1 Å². The lowest BCUT2D eigenvalue weighted by Gasteiger charge is -2.19. The average Bonchev–Trinajstić information content (AvgIpc) is 3.23. The largest absolute Gasteiger partial charge is 0.329 e. The number of nitrogens with zero attached hydrogens (tertiary/aromatic N) is 4. The molecule has 3 heterocycles. The zero-order valence-corrected chi connectivity index (χ0v) is 13.6. The predicted octanol–water partition coefficient (Wildman–Crippen LogP) is 2.98. The van der Waals surface area contributed by atoms with Gasteiger partial charge in [-0.15, -0.1) is 11.3 Å². The van der Waals surface area contributed by atoms with Gasteiger partial charge in [0, 0.05) is 11.9 Å². The third-order valence-corrected chi connectivity index (χ3v) is 4.89. The van der Waals surface area contributed by atoms with Crippen LogP contribution in [0.15, 0.2) is 41.8 Å². The van der Waals surface area contributed by atoms with E-state index in [0.29, 0.717) is 13.2 Å². The normalized spacial score (nSPS) is 14.9. The predicted molar refractivity (Wildman–Crippen MR) is 92.5 cm³/mol. The maximum Gasteiger partial charge on any atom is 0.243 e. The van der Waals surface area contributed by atoms with Gasteiger partial charge < -0.3 is 9.80 Å². The number of aromatic nitrogens is 2. The van der Waals surface area contributed by atoms with Crippen LogP contribution in [0.4, 0.5) is 5.82 Å². The first-order chi connectivity index (χ1) is 11.3. The van der Waals surface area contributed by atoms with Crippen LogP contribution in [0.1, 0.15) is 6.92 Å². The number of rotatable bonds is 3. The summed E-state index contributed by atoms with van der Waals surface area (Å²) in [4.78, 5) is 26.4. The third-order valence-electron chi connectivity index (χ3n) is 4.03. The minimum atomic E-state index is 0.146. The van der Waals surface area contributed by atoms with Gasteiger partial charge in [0.1, 0.15) is 12.4 Å². The van der Waals surface area contributed by atoms with E-state index in [9.17, 15) is 4.79 Å². The van der Waals surface area contributed by atoms with Gasteiger partial charge in [-0.25, -0.2) is 9.97 Å². The minimum absolute atomic E-state index is 0.146. The number of carbonyl (C=O) groups is 1. The highest BCUT2D eigenvalue weighted by Gasteiger charge is 2.28. The Morgan fingerprint density at radius 2 is 2.04 bits per heavy atom. The fourth-order valence-corrected chi connectivity index (χ4v) is 3.49. The quantitative estimate of drug-likeness (QED) is 0.743. The van der Waals surface area contributed by atoms with Crippen LogP contribution in [-0.4, -0.2) is 40.5 Å². The number of benzene rings is 1. The molecule has 3 aromatic rings. The Morgan fingerprint density at radius 1 is 1.17 bits per heavy atom. The standard InChI is InChI=1S/C17H16N4OS/c1-2-20-11-21(10-15(20)22)17-12-6-3-4-7-13(12)18-16(19-17)14-8-5-9-23-14/h3-9H,2,10-11H2,1H3. The Morgan fingerprint density at radius 3 is 2.78 bits per heavy atom. The van der Waals surface area contributed by atoms with Gasteiger partial charge >= 0.3 is 0 Å². The van der Waals surface area contributed by atoms with Crippen molar-refractivity contribution in [3.05, 3.63) is 41.8 Å². The molecule has 2 aromatic heterocycles. The first kappa shape index (κ1) is 14.1. The van der Waals surface area contributed by atoms with E-state index in [4.69, 9.17) is 4.98 Å². The SMILES string of the molecule is CCN1CN(c2nc(-c3cccs3)nc3ccccc23)CC1=O. The topological polar surface area (TPSA) is 49.3 Å². The van der Waals surface area contributed by atoms with Crippen LogP contribution in [0.3, 0.4) is 0 Å². The number of carbonyl (C=O) groups excluding carboxylic acids is 1. The van der Waals surface area contributed by atoms with Crippen LogP contribution < -0.4 is 4.90 Å². The van der Waals surface area contributed by atoms with Gasteiger partial charge in [-0.1, -0.05) is 18.2 Å². The second kappa shape index (κ2) is 5.62. The fourth-order valence-electron chi connectivity index (χ4n) is 2.83. The van der Waals surface area contributed by atoms with E-state index in [2.05, 4.69) is 4.98 Å². The van der Waals surface area contributed by atoms with Crippen molar-refractivity contribution in [1.29, 1.82) is 0 Å². The van der Waals surface area contributed by atoms with Gasteiger partial charge in [0.15, 0.2) is 5.82 Å². The molecule has 0 aliphatic carbocycles. The summed E-state index contributed by atoms with van der Waals surface area (Å²) >= 11 is 1.62. The van der Waals surface area contributed by atoms with Crippen molar-refractivity contribution in [2.45, 2.75) is 6.92 Å². The van der Waals surface area contributed by atoms with E-state index in [1.165, 1.54) is 0 Å². The van der Waals surface area contributed by atoms with Gasteiger partial charge in [-0.2, -0.15) is 0 Å². The smallest absolute Gasteiger partial charge is 0.243 e. The lowest BCUT2D eigenvalue weighted by Crippen LogP contribution is -2.27. The molecule has 1 amide bonds. The zero-order valence-electron chi connectivity index (χ0n) is 12.8. The number of fused-ring (bicyclic) bond motifs is 1. The van der Waals surface area contributed by atoms with Crippen molar-refractivity contribution in [3.8, 4) is 10.7 Å². The maximum absolute atomic E-state index is 12.1. The number of likely N-dealkylation sites (N-methyl/N-ethyl adjacent to an activating group) is 1. The number of hydrogen-bond acceptors (Lipinski definition) is 5. The number of hydrogen-bond donors (Lipinski definition) is 0. The van der Waals surface area contributed by atoms with Crippen LogP contribution in [-0.2, 0) is 4.79 Å². The summed E-state index contributed by atoms with van der Waals surface area (Å²) in [6.07, 6.45) is 0. The van der Waals surface area contributed by atoms with Gasteiger partial charge in [0.2, 0.25) is 5.91 Å². The maximum atomic E-state index is 12.1. The molecule has 1 aliphatic rings. The molecule has 6 heteroatoms. The number of anilines is 1. The van der Waals surface area contributed by atoms with Crippen molar-refractivity contribution in [2.75, 3.05) is 24.7 Å². The summed E-state index contributed by atoms with van der Waals surface area (Å²) in [6, 6.07) is 12.0. The van der Waals surface area contributed by atoms with Crippen molar-refractivity contribution in [1.82, 2.24) is 14.9 Å². The van der Waals surface area contributed by atoms with E-state index < -0.39 is 0 Å². The van der Waals surface area contributed by atoms with Crippen LogP contribution in [0, 0.1) is 0 Å². The molecule has 0 saturated carbocycles. The molecule has 1 aliphatic heterocycles. The summed E-state index contributed by atoms with van der Waals surface area (Å²) in [7, 11) is 0. The summed E-state index contributed by atoms with van der Waals surface area (Å²) in [5.41, 5.74) is 0.906. The first-order valence-corrected chi connectivity index (χ1v) is 8.47. The Bertz CT molecular complexity index is 862. The molecule has 1 fully saturated rings. The van der Waals surface area contributed by atoms with Crippen molar-refractivity contribution >= 4 is 34.0 Å². The van der Waals surface area contributed by atoms with Crippen LogP contribution in [0.5, 0.6) is 0 Å². The molecular weight excluding hydrogens is 308 g/mol. The summed E-state index contributed by atoms with van der Waals surface area (Å²) in [6.45, 7) is 3.67. The highest BCUT2D eigenvalue weighted by Crippen LogP contribution is 2.30. The average molecular weight is 324 g/mol. The Kier molecular flexibility index (Phi) is 3.46. The second-order valence-corrected chi connectivity index (χ2v) is 6.40. The monoisotopic (exact) mass is 324 g/mol. The highest BCUT2D eigenvalue weighted by molar-refractivity contribution is 7.13. The molecule has 0 bridgehead atoms. The van der Waals surface area contributed by atoms with Gasteiger partial charge in [-0.05, 0) is 30.5 Å². The van der Waals surface area contributed by atoms with E-state index in [1.807, 2.05) is 58.5 Å². The van der Waals surface area contributed by atoms with Crippen LogP contribution >= 0.6 is 11.3 Å². The first-order valence-electron chi connectivity index (χ1n) is 7.59. The number of amides is 1. The molecule has 0 atom stereocenters. The molecule has 23 heavy (non-hydrogen) atoms. The fraction of sp³-hybridized carbons (Fsp3) is 0.235. The molecule has 0 radical (unpaired) electrons. The van der Waals surface area contributed by atoms with Crippen LogP contribution in [0.25, 0.3) is 21.6 Å². The Balaban J connectivity index is 1.86. The molecule has 5 nitrogen and oxygen atoms in total. The molecule has 4 rings (SSSR count).